The third-order valence-electron chi connectivity index (χ3n) is 2.72. The first-order valence-electron chi connectivity index (χ1n) is 6.40. The highest BCUT2D eigenvalue weighted by Gasteiger charge is 2.21. The van der Waals surface area contributed by atoms with E-state index in [0.29, 0.717) is 12.0 Å². The second kappa shape index (κ2) is 7.97. The number of aliphatic hydroxyl groups excluding tert-OH is 1. The Morgan fingerprint density at radius 3 is 2.75 bits per heavy atom. The molecule has 0 bridgehead atoms. The molecule has 0 aromatic heterocycles. The summed E-state index contributed by atoms with van der Waals surface area (Å²) in [6.07, 6.45) is 0.680. The zero-order valence-corrected chi connectivity index (χ0v) is 13.2. The van der Waals surface area contributed by atoms with Crippen LogP contribution in [0.3, 0.4) is 0 Å². The van der Waals surface area contributed by atoms with Crippen molar-refractivity contribution in [1.82, 2.24) is 4.72 Å². The Bertz CT molecular complexity index is 534. The molecular formula is C13H20FNO3S2. The van der Waals surface area contributed by atoms with Crippen molar-refractivity contribution in [3.8, 4) is 0 Å². The van der Waals surface area contributed by atoms with Gasteiger partial charge in [-0.25, -0.2) is 17.5 Å². The summed E-state index contributed by atoms with van der Waals surface area (Å²) in [5.74, 6) is 1.01. The largest absolute Gasteiger partial charge is 0.392 e. The maximum absolute atomic E-state index is 13.7. The number of hydrogen-bond acceptors (Lipinski definition) is 4. The number of rotatable bonds is 8. The number of sulfonamides is 1. The number of halogens is 1. The van der Waals surface area contributed by atoms with Gasteiger partial charge in [-0.1, -0.05) is 13.0 Å². The van der Waals surface area contributed by atoms with E-state index in [-0.39, 0.29) is 12.6 Å². The van der Waals surface area contributed by atoms with Crippen LogP contribution in [0.1, 0.15) is 25.8 Å². The highest BCUT2D eigenvalue weighted by atomic mass is 32.2. The summed E-state index contributed by atoms with van der Waals surface area (Å²) in [6.45, 7) is 3.46. The first-order chi connectivity index (χ1) is 9.40. The standard InChI is InChI=1S/C13H20FNO3S2/c1-3-19-7-6-10(2)15-20(17,18)13-8-11(9-16)4-5-12(13)14/h4-5,8,10,15-16H,3,6-7,9H2,1-2H3. The fraction of sp³-hybridized carbons (Fsp3) is 0.538. The van der Waals surface area contributed by atoms with Crippen LogP contribution in [0.25, 0.3) is 0 Å². The molecule has 1 aromatic rings. The summed E-state index contributed by atoms with van der Waals surface area (Å²) in [5, 5.41) is 9.00. The molecule has 0 spiro atoms. The maximum Gasteiger partial charge on any atom is 0.243 e. The van der Waals surface area contributed by atoms with E-state index in [1.54, 1.807) is 18.7 Å². The van der Waals surface area contributed by atoms with Gasteiger partial charge in [-0.05, 0) is 42.5 Å². The van der Waals surface area contributed by atoms with E-state index in [1.165, 1.54) is 6.07 Å². The van der Waals surface area contributed by atoms with Gasteiger partial charge in [0.1, 0.15) is 10.7 Å². The van der Waals surface area contributed by atoms with E-state index in [0.717, 1.165) is 23.6 Å². The molecule has 0 saturated heterocycles. The third kappa shape index (κ3) is 5.05. The molecule has 0 aliphatic rings. The minimum Gasteiger partial charge on any atom is -0.392 e. The average molecular weight is 321 g/mol. The highest BCUT2D eigenvalue weighted by molar-refractivity contribution is 7.99. The first-order valence-corrected chi connectivity index (χ1v) is 9.03. The Balaban J connectivity index is 2.83. The van der Waals surface area contributed by atoms with E-state index in [1.807, 2.05) is 6.92 Å². The van der Waals surface area contributed by atoms with Crippen molar-refractivity contribution < 1.29 is 17.9 Å². The fourth-order valence-corrected chi connectivity index (χ4v) is 3.86. The lowest BCUT2D eigenvalue weighted by Crippen LogP contribution is -2.33. The zero-order valence-electron chi connectivity index (χ0n) is 11.6. The summed E-state index contributed by atoms with van der Waals surface area (Å²) < 4.78 is 40.4. The van der Waals surface area contributed by atoms with Crippen molar-refractivity contribution in [3.05, 3.63) is 29.6 Å². The van der Waals surface area contributed by atoms with Gasteiger partial charge in [0, 0.05) is 6.04 Å². The van der Waals surface area contributed by atoms with Crippen LogP contribution in [-0.4, -0.2) is 31.1 Å². The van der Waals surface area contributed by atoms with Crippen LogP contribution < -0.4 is 4.72 Å². The zero-order chi connectivity index (χ0) is 15.2. The van der Waals surface area contributed by atoms with Crippen molar-refractivity contribution in [2.75, 3.05) is 11.5 Å². The lowest BCUT2D eigenvalue weighted by Gasteiger charge is -2.14. The number of hydrogen-bond donors (Lipinski definition) is 2. The van der Waals surface area contributed by atoms with E-state index in [9.17, 15) is 12.8 Å². The molecule has 4 nitrogen and oxygen atoms in total. The van der Waals surface area contributed by atoms with Gasteiger partial charge >= 0.3 is 0 Å². The lowest BCUT2D eigenvalue weighted by atomic mass is 10.2. The van der Waals surface area contributed by atoms with Crippen LogP contribution in [0.5, 0.6) is 0 Å². The van der Waals surface area contributed by atoms with Crippen LogP contribution >= 0.6 is 11.8 Å². The lowest BCUT2D eigenvalue weighted by molar-refractivity contribution is 0.281. The van der Waals surface area contributed by atoms with Crippen LogP contribution in [0.4, 0.5) is 4.39 Å². The molecule has 1 unspecified atom stereocenters. The molecule has 0 heterocycles. The van der Waals surface area contributed by atoms with Crippen molar-refractivity contribution in [1.29, 1.82) is 0 Å². The minimum atomic E-state index is -3.91. The molecule has 0 fully saturated rings. The van der Waals surface area contributed by atoms with Gasteiger partial charge in [0.05, 0.1) is 6.61 Å². The van der Waals surface area contributed by atoms with Crippen molar-refractivity contribution >= 4 is 21.8 Å². The molecule has 0 aliphatic heterocycles. The average Bonchev–Trinajstić information content (AvgIpc) is 2.38. The second-order valence-corrected chi connectivity index (χ2v) is 7.51. The Morgan fingerprint density at radius 2 is 2.15 bits per heavy atom. The molecule has 1 atom stereocenters. The second-order valence-electron chi connectivity index (χ2n) is 4.43. The van der Waals surface area contributed by atoms with E-state index < -0.39 is 20.7 Å². The van der Waals surface area contributed by atoms with Crippen LogP contribution in [0.2, 0.25) is 0 Å². The molecule has 7 heteroatoms. The van der Waals surface area contributed by atoms with Crippen LogP contribution in [0, 0.1) is 5.82 Å². The molecule has 1 aromatic carbocycles. The smallest absolute Gasteiger partial charge is 0.243 e. The van der Waals surface area contributed by atoms with Crippen molar-refractivity contribution in [3.63, 3.8) is 0 Å². The summed E-state index contributed by atoms with van der Waals surface area (Å²) in [4.78, 5) is -0.418. The summed E-state index contributed by atoms with van der Waals surface area (Å²) >= 11 is 1.73. The highest BCUT2D eigenvalue weighted by Crippen LogP contribution is 2.17. The topological polar surface area (TPSA) is 66.4 Å². The molecule has 114 valence electrons. The normalized spacial score (nSPS) is 13.4. The van der Waals surface area contributed by atoms with Gasteiger partial charge in [-0.2, -0.15) is 11.8 Å². The van der Waals surface area contributed by atoms with Gasteiger partial charge in [0.15, 0.2) is 0 Å². The van der Waals surface area contributed by atoms with Gasteiger partial charge in [0.2, 0.25) is 10.0 Å². The Labute approximate surface area is 123 Å². The van der Waals surface area contributed by atoms with Crippen molar-refractivity contribution in [2.45, 2.75) is 37.8 Å². The molecule has 1 rings (SSSR count). The first kappa shape index (κ1) is 17.4. The molecule has 0 amide bonds. The van der Waals surface area contributed by atoms with E-state index >= 15 is 0 Å². The number of thioether (sulfide) groups is 1. The fourth-order valence-electron chi connectivity index (χ4n) is 1.64. The number of benzene rings is 1. The van der Waals surface area contributed by atoms with Gasteiger partial charge in [-0.15, -0.1) is 0 Å². The predicted octanol–water partition coefficient (Wildman–Crippen LogP) is 2.13. The third-order valence-corrected chi connectivity index (χ3v) is 5.26. The summed E-state index contributed by atoms with van der Waals surface area (Å²) in [6, 6.07) is 3.30. The van der Waals surface area contributed by atoms with Gasteiger partial charge in [-0.3, -0.25) is 0 Å². The predicted molar refractivity (Wildman–Crippen MR) is 79.7 cm³/mol. The van der Waals surface area contributed by atoms with Gasteiger partial charge in [0.25, 0.3) is 0 Å². The molecule has 0 saturated carbocycles. The van der Waals surface area contributed by atoms with Gasteiger partial charge < -0.3 is 5.11 Å². The quantitative estimate of drug-likeness (QED) is 0.720. The maximum atomic E-state index is 13.7. The number of nitrogens with one attached hydrogen (secondary N) is 1. The summed E-state index contributed by atoms with van der Waals surface area (Å²) in [5.41, 5.74) is 0.362. The SMILES string of the molecule is CCSCCC(C)NS(=O)(=O)c1cc(CO)ccc1F. The Morgan fingerprint density at radius 1 is 1.45 bits per heavy atom. The Hall–Kier alpha value is -0.630. The number of aliphatic hydroxyl groups is 1. The van der Waals surface area contributed by atoms with E-state index in [2.05, 4.69) is 4.72 Å². The Kier molecular flexibility index (Phi) is 6.94. The summed E-state index contributed by atoms with van der Waals surface area (Å²) in [7, 11) is -3.91. The molecule has 20 heavy (non-hydrogen) atoms. The van der Waals surface area contributed by atoms with E-state index in [4.69, 9.17) is 5.11 Å². The van der Waals surface area contributed by atoms with Crippen LogP contribution in [-0.2, 0) is 16.6 Å². The molecule has 0 aliphatic carbocycles. The van der Waals surface area contributed by atoms with Crippen molar-refractivity contribution in [2.24, 2.45) is 0 Å². The molecule has 0 radical (unpaired) electrons. The monoisotopic (exact) mass is 321 g/mol. The minimum absolute atomic E-state index is 0.267. The molecular weight excluding hydrogens is 301 g/mol. The molecule has 2 N–H and O–H groups in total. The van der Waals surface area contributed by atoms with Crippen LogP contribution in [0.15, 0.2) is 23.1 Å².